The Hall–Kier alpha value is -2.55. The first-order chi connectivity index (χ1) is 18.1. The van der Waals surface area contributed by atoms with E-state index in [0.717, 1.165) is 32.1 Å². The fourth-order valence-corrected chi connectivity index (χ4v) is 5.53. The summed E-state index contributed by atoms with van der Waals surface area (Å²) in [5.41, 5.74) is 4.18. The zero-order valence-corrected chi connectivity index (χ0v) is 22.8. The van der Waals surface area contributed by atoms with Crippen LogP contribution >= 0.6 is 36.6 Å². The molecule has 9 heteroatoms. The van der Waals surface area contributed by atoms with Crippen LogP contribution in [-0.4, -0.2) is 41.3 Å². The summed E-state index contributed by atoms with van der Waals surface area (Å²) >= 11 is 10.5. The molecule has 0 aliphatic rings. The quantitative estimate of drug-likeness (QED) is 0.0976. The fraction of sp³-hybridized carbons (Fsp3) is 0.143. The Bertz CT molecular complexity index is 1390. The molecule has 0 atom stereocenters. The fourth-order valence-electron chi connectivity index (χ4n) is 4.01. The lowest BCUT2D eigenvalue weighted by Gasteiger charge is -2.08. The lowest BCUT2D eigenvalue weighted by Crippen LogP contribution is -2.21. The maximum atomic E-state index is 5.81. The summed E-state index contributed by atoms with van der Waals surface area (Å²) in [6.07, 6.45) is 0. The van der Waals surface area contributed by atoms with Gasteiger partial charge in [0.25, 0.3) is 0 Å². The Kier molecular flexibility index (Phi) is 9.02. The van der Waals surface area contributed by atoms with E-state index in [1.54, 1.807) is 11.3 Å². The molecule has 2 radical (unpaired) electrons. The number of thiol groups is 2. The third-order valence-corrected chi connectivity index (χ3v) is 7.45. The number of hydrogen-bond donors (Lipinski definition) is 4. The molecule has 37 heavy (non-hydrogen) atoms. The standard InChI is InChI=1S/C28H26B2N2O2S3/c35-23-5-1-3-21(17-23)31-11-13-33-29-19-7-9-27-25(15-19)26-16-20(8-10-28(26)37-27)30-34-14-12-32-22-4-2-6-24(36)18-22/h1-10,15-18,31-32,35-36H,11-14H2. The third-order valence-electron chi connectivity index (χ3n) is 5.75. The van der Waals surface area contributed by atoms with Crippen LogP contribution in [0.2, 0.25) is 0 Å². The summed E-state index contributed by atoms with van der Waals surface area (Å²) in [5, 5.41) is 9.15. The van der Waals surface area contributed by atoms with Gasteiger partial charge in [-0.25, -0.2) is 0 Å². The van der Waals surface area contributed by atoms with Crippen LogP contribution in [0.15, 0.2) is 94.7 Å². The molecular formula is C28H26B2N2O2S3. The molecule has 5 rings (SSSR count). The summed E-state index contributed by atoms with van der Waals surface area (Å²) in [5.74, 6) is 0. The van der Waals surface area contributed by atoms with E-state index in [0.29, 0.717) is 26.3 Å². The lowest BCUT2D eigenvalue weighted by molar-refractivity contribution is 0.358. The van der Waals surface area contributed by atoms with Crippen molar-refractivity contribution < 1.29 is 9.31 Å². The van der Waals surface area contributed by atoms with Gasteiger partial charge in [-0.05, 0) is 59.3 Å². The molecule has 5 aromatic rings. The highest BCUT2D eigenvalue weighted by Gasteiger charge is 2.09. The van der Waals surface area contributed by atoms with Crippen LogP contribution in [0, 0.1) is 0 Å². The number of nitrogens with one attached hydrogen (secondary N) is 2. The van der Waals surface area contributed by atoms with E-state index >= 15 is 0 Å². The monoisotopic (exact) mass is 540 g/mol. The SMILES string of the molecule is Sc1cccc(NCCO[B]c2ccc3sc4ccc([B]OCCNc5cccc(S)c5)cc4c3c2)c1. The van der Waals surface area contributed by atoms with Crippen LogP contribution in [0.3, 0.4) is 0 Å². The Labute approximate surface area is 234 Å². The molecular weight excluding hydrogens is 514 g/mol. The topological polar surface area (TPSA) is 42.5 Å². The molecule has 0 fully saturated rings. The summed E-state index contributed by atoms with van der Waals surface area (Å²) < 4.78 is 14.1. The first-order valence-corrected chi connectivity index (χ1v) is 13.8. The smallest absolute Gasteiger partial charge is 0.330 e. The van der Waals surface area contributed by atoms with Gasteiger partial charge < -0.3 is 19.9 Å². The second-order valence-electron chi connectivity index (χ2n) is 8.54. The van der Waals surface area contributed by atoms with Gasteiger partial charge in [0.05, 0.1) is 0 Å². The molecule has 4 nitrogen and oxygen atoms in total. The van der Waals surface area contributed by atoms with E-state index in [1.807, 2.05) is 63.5 Å². The van der Waals surface area contributed by atoms with Crippen LogP contribution in [-0.2, 0) is 9.31 Å². The zero-order chi connectivity index (χ0) is 25.5. The highest BCUT2D eigenvalue weighted by Crippen LogP contribution is 2.32. The second-order valence-corrected chi connectivity index (χ2v) is 10.7. The maximum Gasteiger partial charge on any atom is 0.330 e. The molecule has 0 bridgehead atoms. The number of fused-ring (bicyclic) bond motifs is 3. The van der Waals surface area contributed by atoms with E-state index in [1.165, 1.54) is 20.2 Å². The van der Waals surface area contributed by atoms with Crippen molar-refractivity contribution in [1.29, 1.82) is 0 Å². The number of anilines is 2. The predicted molar refractivity (Wildman–Crippen MR) is 166 cm³/mol. The summed E-state index contributed by atoms with van der Waals surface area (Å²) in [6, 6.07) is 28.8. The minimum atomic E-state index is 0.574. The highest BCUT2D eigenvalue weighted by atomic mass is 32.1. The van der Waals surface area contributed by atoms with E-state index in [-0.39, 0.29) is 0 Å². The highest BCUT2D eigenvalue weighted by molar-refractivity contribution is 7.80. The summed E-state index contributed by atoms with van der Waals surface area (Å²) in [6.45, 7) is 2.58. The molecule has 1 aromatic heterocycles. The van der Waals surface area contributed by atoms with Gasteiger partial charge in [-0.15, -0.1) is 36.6 Å². The van der Waals surface area contributed by atoms with Crippen molar-refractivity contribution in [3.63, 3.8) is 0 Å². The Morgan fingerprint density at radius 1 is 0.622 bits per heavy atom. The minimum Gasteiger partial charge on any atom is -0.432 e. The number of rotatable bonds is 12. The molecule has 0 saturated carbocycles. The molecule has 2 N–H and O–H groups in total. The number of thiophene rings is 1. The summed E-state index contributed by atoms with van der Waals surface area (Å²) in [7, 11) is 3.66. The van der Waals surface area contributed by atoms with Crippen molar-refractivity contribution in [2.75, 3.05) is 36.9 Å². The average molecular weight is 540 g/mol. The van der Waals surface area contributed by atoms with E-state index < -0.39 is 0 Å². The first-order valence-electron chi connectivity index (χ1n) is 12.1. The normalized spacial score (nSPS) is 11.1. The van der Waals surface area contributed by atoms with Crippen molar-refractivity contribution in [3.05, 3.63) is 84.9 Å². The van der Waals surface area contributed by atoms with E-state index in [4.69, 9.17) is 9.31 Å². The molecule has 0 aliphatic carbocycles. The molecule has 0 saturated heterocycles. The Morgan fingerprint density at radius 3 is 1.57 bits per heavy atom. The lowest BCUT2D eigenvalue weighted by atomic mass is 9.85. The average Bonchev–Trinajstić information content (AvgIpc) is 3.26. The molecule has 1 heterocycles. The van der Waals surface area contributed by atoms with Crippen LogP contribution < -0.4 is 21.6 Å². The first kappa shape index (κ1) is 26.1. The van der Waals surface area contributed by atoms with Gasteiger partial charge >= 0.3 is 15.0 Å². The zero-order valence-electron chi connectivity index (χ0n) is 20.2. The van der Waals surface area contributed by atoms with Crippen LogP contribution in [0.5, 0.6) is 0 Å². The van der Waals surface area contributed by atoms with Gasteiger partial charge in [-0.3, -0.25) is 0 Å². The van der Waals surface area contributed by atoms with E-state index in [9.17, 15) is 0 Å². The second kappa shape index (κ2) is 12.8. The van der Waals surface area contributed by atoms with Crippen LogP contribution in [0.4, 0.5) is 11.4 Å². The van der Waals surface area contributed by atoms with Gasteiger partial charge in [0, 0.05) is 56.9 Å². The number of benzene rings is 4. The van der Waals surface area contributed by atoms with Crippen molar-refractivity contribution in [1.82, 2.24) is 0 Å². The third kappa shape index (κ3) is 7.27. The molecule has 0 unspecified atom stereocenters. The number of hydrogen-bond acceptors (Lipinski definition) is 7. The Morgan fingerprint density at radius 2 is 1.11 bits per heavy atom. The van der Waals surface area contributed by atoms with Crippen molar-refractivity contribution >= 4 is 94.0 Å². The molecule has 0 spiro atoms. The molecule has 184 valence electrons. The van der Waals surface area contributed by atoms with Gasteiger partial charge in [0.1, 0.15) is 0 Å². The Balaban J connectivity index is 1.13. The van der Waals surface area contributed by atoms with Crippen molar-refractivity contribution in [2.45, 2.75) is 9.79 Å². The van der Waals surface area contributed by atoms with Crippen LogP contribution in [0.1, 0.15) is 0 Å². The molecule has 0 amide bonds. The van der Waals surface area contributed by atoms with E-state index in [2.05, 4.69) is 72.3 Å². The largest absolute Gasteiger partial charge is 0.432 e. The predicted octanol–water partition coefficient (Wildman–Crippen LogP) is 5.38. The van der Waals surface area contributed by atoms with Gasteiger partial charge in [0.15, 0.2) is 0 Å². The minimum absolute atomic E-state index is 0.574. The van der Waals surface area contributed by atoms with Gasteiger partial charge in [-0.1, -0.05) is 47.3 Å². The molecule has 4 aromatic carbocycles. The van der Waals surface area contributed by atoms with Gasteiger partial charge in [0.2, 0.25) is 0 Å². The van der Waals surface area contributed by atoms with Gasteiger partial charge in [-0.2, -0.15) is 0 Å². The van der Waals surface area contributed by atoms with Crippen molar-refractivity contribution in [2.24, 2.45) is 0 Å². The molecule has 0 aliphatic heterocycles. The summed E-state index contributed by atoms with van der Waals surface area (Å²) in [4.78, 5) is 1.88. The maximum absolute atomic E-state index is 5.81. The van der Waals surface area contributed by atoms with Crippen molar-refractivity contribution in [3.8, 4) is 0 Å². The van der Waals surface area contributed by atoms with Crippen LogP contribution in [0.25, 0.3) is 20.2 Å².